The molecule has 1 heterocycles. The van der Waals surface area contributed by atoms with Gasteiger partial charge in [0.15, 0.2) is 0 Å². The van der Waals surface area contributed by atoms with Crippen LogP contribution >= 0.6 is 11.6 Å². The fraction of sp³-hybridized carbons (Fsp3) is 0.217. The van der Waals surface area contributed by atoms with E-state index in [-0.39, 0.29) is 17.9 Å². The number of anilines is 1. The summed E-state index contributed by atoms with van der Waals surface area (Å²) in [4.78, 5) is 36.5. The number of carbonyl (C=O) groups is 3. The monoisotopic (exact) mass is 440 g/mol. The summed E-state index contributed by atoms with van der Waals surface area (Å²) in [6, 6.07) is 13.1. The number of amides is 1. The maximum atomic E-state index is 13.0. The van der Waals surface area contributed by atoms with Gasteiger partial charge in [0.25, 0.3) is 5.91 Å². The van der Waals surface area contributed by atoms with E-state index in [0.29, 0.717) is 34.0 Å². The molecule has 1 atom stereocenters. The highest BCUT2D eigenvalue weighted by molar-refractivity contribution is 6.30. The molecule has 0 fully saturated rings. The number of carbonyl (C=O) groups excluding carboxylic acids is 2. The first kappa shape index (κ1) is 22.2. The Balaban J connectivity index is 1.85. The molecule has 1 aliphatic heterocycles. The van der Waals surface area contributed by atoms with Crippen molar-refractivity contribution < 1.29 is 24.2 Å². The highest BCUT2D eigenvalue weighted by atomic mass is 35.5. The zero-order valence-electron chi connectivity index (χ0n) is 17.0. The lowest BCUT2D eigenvalue weighted by atomic mass is 9.92. The molecule has 1 amide bonds. The third kappa shape index (κ3) is 5.00. The van der Waals surface area contributed by atoms with Crippen LogP contribution in [0, 0.1) is 5.92 Å². The van der Waals surface area contributed by atoms with Crippen LogP contribution in [0.3, 0.4) is 0 Å². The van der Waals surface area contributed by atoms with Crippen molar-refractivity contribution in [3.63, 3.8) is 0 Å². The number of hydrazone groups is 1. The quantitative estimate of drug-likeness (QED) is 0.508. The second-order valence-corrected chi connectivity index (χ2v) is 7.35. The third-order valence-corrected chi connectivity index (χ3v) is 5.19. The molecule has 3 rings (SSSR count). The van der Waals surface area contributed by atoms with Gasteiger partial charge in [0.2, 0.25) is 0 Å². The molecule has 0 radical (unpaired) electrons. The molecule has 160 valence electrons. The molecule has 0 aliphatic carbocycles. The molecule has 0 aromatic heterocycles. The fourth-order valence-electron chi connectivity index (χ4n) is 3.29. The number of rotatable bonds is 7. The van der Waals surface area contributed by atoms with Crippen LogP contribution < -0.4 is 5.01 Å². The van der Waals surface area contributed by atoms with Gasteiger partial charge in [0, 0.05) is 10.6 Å². The van der Waals surface area contributed by atoms with E-state index in [1.807, 2.05) is 6.92 Å². The van der Waals surface area contributed by atoms with E-state index in [0.717, 1.165) is 0 Å². The average Bonchev–Trinajstić information content (AvgIpc) is 3.09. The predicted molar refractivity (Wildman–Crippen MR) is 118 cm³/mol. The molecular formula is C23H21ClN2O5. The molecule has 1 N–H and O–H groups in total. The molecule has 0 saturated carbocycles. The number of nitrogens with zero attached hydrogens (tertiary/aromatic N) is 2. The van der Waals surface area contributed by atoms with Gasteiger partial charge in [-0.3, -0.25) is 4.79 Å². The van der Waals surface area contributed by atoms with Crippen LogP contribution in [-0.4, -0.2) is 35.8 Å². The third-order valence-electron chi connectivity index (χ3n) is 4.94. The van der Waals surface area contributed by atoms with Crippen molar-refractivity contribution in [2.24, 2.45) is 11.0 Å². The Morgan fingerprint density at radius 3 is 2.35 bits per heavy atom. The largest absolute Gasteiger partial charge is 0.478 e. The molecule has 1 unspecified atom stereocenters. The van der Waals surface area contributed by atoms with Crippen molar-refractivity contribution in [1.82, 2.24) is 0 Å². The van der Waals surface area contributed by atoms with Crippen LogP contribution in [0.2, 0.25) is 5.02 Å². The van der Waals surface area contributed by atoms with Crippen molar-refractivity contribution in [2.75, 3.05) is 12.1 Å². The Labute approximate surface area is 184 Å². The predicted octanol–water partition coefficient (Wildman–Crippen LogP) is 4.41. The van der Waals surface area contributed by atoms with Crippen LogP contribution in [0.25, 0.3) is 6.08 Å². The average molecular weight is 441 g/mol. The van der Waals surface area contributed by atoms with E-state index in [9.17, 15) is 19.5 Å². The zero-order chi connectivity index (χ0) is 22.5. The summed E-state index contributed by atoms with van der Waals surface area (Å²) in [6.07, 6.45) is 2.01. The van der Waals surface area contributed by atoms with Gasteiger partial charge < -0.3 is 9.84 Å². The minimum Gasteiger partial charge on any atom is -0.478 e. The van der Waals surface area contributed by atoms with Gasteiger partial charge in [0.1, 0.15) is 0 Å². The number of hydrogen-bond acceptors (Lipinski definition) is 5. The molecule has 0 saturated heterocycles. The lowest BCUT2D eigenvalue weighted by Crippen LogP contribution is -2.28. The van der Waals surface area contributed by atoms with E-state index < -0.39 is 17.9 Å². The van der Waals surface area contributed by atoms with Gasteiger partial charge in [-0.05, 0) is 60.9 Å². The minimum atomic E-state index is -1.12. The van der Waals surface area contributed by atoms with Crippen LogP contribution in [0.4, 0.5) is 5.69 Å². The summed E-state index contributed by atoms with van der Waals surface area (Å²) in [7, 11) is 1.29. The standard InChI is InChI=1S/C23H21ClN2O5/c1-3-20-19(21(27)26(25-20)18-10-8-17(24)9-11-18)13-16(22(28)29)12-14-4-6-15(7-5-14)23(30)31-2/h4-12,19H,3,13H2,1-2H3,(H,28,29)/b16-12-. The van der Waals surface area contributed by atoms with Crippen molar-refractivity contribution in [2.45, 2.75) is 19.8 Å². The van der Waals surface area contributed by atoms with E-state index in [1.54, 1.807) is 48.5 Å². The molecular weight excluding hydrogens is 420 g/mol. The Hall–Kier alpha value is -3.45. The molecule has 7 nitrogen and oxygen atoms in total. The van der Waals surface area contributed by atoms with Crippen LogP contribution in [0.5, 0.6) is 0 Å². The number of methoxy groups -OCH3 is 1. The Kier molecular flexibility index (Phi) is 6.87. The van der Waals surface area contributed by atoms with Gasteiger partial charge in [0.05, 0.1) is 30.0 Å². The fourth-order valence-corrected chi connectivity index (χ4v) is 3.42. The van der Waals surface area contributed by atoms with Crippen LogP contribution in [-0.2, 0) is 14.3 Å². The summed E-state index contributed by atoms with van der Waals surface area (Å²) >= 11 is 5.92. The summed E-state index contributed by atoms with van der Waals surface area (Å²) < 4.78 is 4.66. The Morgan fingerprint density at radius 2 is 1.81 bits per heavy atom. The first-order chi connectivity index (χ1) is 14.8. The van der Waals surface area contributed by atoms with Gasteiger partial charge >= 0.3 is 11.9 Å². The van der Waals surface area contributed by atoms with Crippen molar-refractivity contribution in [1.29, 1.82) is 0 Å². The van der Waals surface area contributed by atoms with E-state index in [2.05, 4.69) is 9.84 Å². The maximum Gasteiger partial charge on any atom is 0.337 e. The van der Waals surface area contributed by atoms with Crippen molar-refractivity contribution in [3.8, 4) is 0 Å². The highest BCUT2D eigenvalue weighted by Gasteiger charge is 2.37. The number of aliphatic carboxylic acids is 1. The maximum absolute atomic E-state index is 13.0. The topological polar surface area (TPSA) is 96.3 Å². The number of carboxylic acids is 1. The van der Waals surface area contributed by atoms with Crippen LogP contribution in [0.15, 0.2) is 59.2 Å². The molecule has 31 heavy (non-hydrogen) atoms. The van der Waals surface area contributed by atoms with E-state index in [1.165, 1.54) is 18.2 Å². The number of ether oxygens (including phenoxy) is 1. The number of halogens is 1. The lowest BCUT2D eigenvalue weighted by molar-refractivity contribution is -0.132. The molecule has 8 heteroatoms. The summed E-state index contributed by atoms with van der Waals surface area (Å²) in [5.41, 5.74) is 2.22. The first-order valence-electron chi connectivity index (χ1n) is 9.63. The SMILES string of the molecule is CCC1=NN(c2ccc(Cl)cc2)C(=O)C1C/C(=C/c1ccc(C(=O)OC)cc1)C(=O)O. The lowest BCUT2D eigenvalue weighted by Gasteiger charge is -2.15. The summed E-state index contributed by atoms with van der Waals surface area (Å²) in [6.45, 7) is 1.88. The zero-order valence-corrected chi connectivity index (χ0v) is 17.8. The highest BCUT2D eigenvalue weighted by Crippen LogP contribution is 2.30. The molecule has 2 aromatic rings. The second kappa shape index (κ2) is 9.57. The summed E-state index contributed by atoms with van der Waals surface area (Å²) in [5, 5.41) is 16.0. The van der Waals surface area contributed by atoms with Gasteiger partial charge in [-0.1, -0.05) is 30.7 Å². The van der Waals surface area contributed by atoms with Gasteiger partial charge in [-0.25, -0.2) is 14.6 Å². The number of benzene rings is 2. The number of esters is 1. The molecule has 2 aromatic carbocycles. The smallest absolute Gasteiger partial charge is 0.337 e. The summed E-state index contributed by atoms with van der Waals surface area (Å²) in [5.74, 6) is -2.55. The second-order valence-electron chi connectivity index (χ2n) is 6.92. The molecule has 0 spiro atoms. The van der Waals surface area contributed by atoms with E-state index >= 15 is 0 Å². The minimum absolute atomic E-state index is 0.00365. The van der Waals surface area contributed by atoms with Crippen LogP contribution in [0.1, 0.15) is 35.7 Å². The van der Waals surface area contributed by atoms with E-state index in [4.69, 9.17) is 11.6 Å². The first-order valence-corrected chi connectivity index (χ1v) is 10.0. The van der Waals surface area contributed by atoms with Gasteiger partial charge in [-0.15, -0.1) is 0 Å². The molecule has 1 aliphatic rings. The Bertz CT molecular complexity index is 1060. The Morgan fingerprint density at radius 1 is 1.16 bits per heavy atom. The number of hydrogen-bond donors (Lipinski definition) is 1. The molecule has 0 bridgehead atoms. The van der Waals surface area contributed by atoms with Crippen molar-refractivity contribution >= 4 is 46.9 Å². The van der Waals surface area contributed by atoms with Gasteiger partial charge in [-0.2, -0.15) is 5.10 Å². The number of carboxylic acid groups (broad SMARTS) is 1. The van der Waals surface area contributed by atoms with Crippen molar-refractivity contribution in [3.05, 3.63) is 70.3 Å². The normalized spacial score (nSPS) is 16.3.